The lowest BCUT2D eigenvalue weighted by Crippen LogP contribution is -2.05. The lowest BCUT2D eigenvalue weighted by Gasteiger charge is -2.10. The summed E-state index contributed by atoms with van der Waals surface area (Å²) in [5.74, 6) is -0.0353. The van der Waals surface area contributed by atoms with Crippen molar-refractivity contribution in [2.75, 3.05) is 7.11 Å². The maximum Gasteiger partial charge on any atom is 0.310 e. The van der Waals surface area contributed by atoms with Gasteiger partial charge in [0.2, 0.25) is 0 Å². The molecule has 2 aromatic rings. The second-order valence-corrected chi connectivity index (χ2v) is 6.02. The highest BCUT2D eigenvalue weighted by atomic mass is 79.9. The Bertz CT molecular complexity index is 611. The van der Waals surface area contributed by atoms with Gasteiger partial charge in [-0.25, -0.2) is 0 Å². The summed E-state index contributed by atoms with van der Waals surface area (Å²) in [6.07, 6.45) is 0.232. The van der Waals surface area contributed by atoms with E-state index in [4.69, 9.17) is 4.74 Å². The van der Waals surface area contributed by atoms with Gasteiger partial charge >= 0.3 is 5.97 Å². The molecule has 104 valence electrons. The zero-order valence-corrected chi connectivity index (χ0v) is 13.2. The topological polar surface area (TPSA) is 46.5 Å². The second kappa shape index (κ2) is 6.81. The van der Waals surface area contributed by atoms with E-state index in [0.717, 1.165) is 19.8 Å². The van der Waals surface area contributed by atoms with Crippen LogP contribution in [0.1, 0.15) is 5.56 Å². The fourth-order valence-corrected chi connectivity index (χ4v) is 3.26. The molecule has 0 saturated heterocycles. The molecule has 2 aromatic carbocycles. The van der Waals surface area contributed by atoms with E-state index in [2.05, 4.69) is 15.9 Å². The van der Waals surface area contributed by atoms with E-state index in [9.17, 15) is 9.90 Å². The van der Waals surface area contributed by atoms with Crippen LogP contribution in [-0.2, 0) is 16.0 Å². The van der Waals surface area contributed by atoms with Crippen molar-refractivity contribution in [3.63, 3.8) is 0 Å². The Balaban J connectivity index is 2.29. The monoisotopic (exact) mass is 352 g/mol. The van der Waals surface area contributed by atoms with Gasteiger partial charge in [0.1, 0.15) is 5.75 Å². The minimum Gasteiger partial charge on any atom is -0.508 e. The van der Waals surface area contributed by atoms with Crippen LogP contribution in [-0.4, -0.2) is 18.2 Å². The van der Waals surface area contributed by atoms with Crippen molar-refractivity contribution < 1.29 is 14.6 Å². The fourth-order valence-electron chi connectivity index (χ4n) is 1.67. The highest BCUT2D eigenvalue weighted by Gasteiger charge is 2.12. The van der Waals surface area contributed by atoms with E-state index in [-0.39, 0.29) is 18.1 Å². The lowest BCUT2D eigenvalue weighted by atomic mass is 10.1. The number of carbonyl (C=O) groups is 1. The first-order valence-corrected chi connectivity index (χ1v) is 7.52. The van der Waals surface area contributed by atoms with Crippen molar-refractivity contribution in [3.8, 4) is 5.75 Å². The number of carbonyl (C=O) groups excluding carboxylic acids is 1. The number of aromatic hydroxyl groups is 1. The average Bonchev–Trinajstić information content (AvgIpc) is 2.44. The Morgan fingerprint density at radius 3 is 2.60 bits per heavy atom. The number of hydrogen-bond donors (Lipinski definition) is 1. The van der Waals surface area contributed by atoms with Crippen molar-refractivity contribution in [1.82, 2.24) is 0 Å². The van der Waals surface area contributed by atoms with Crippen LogP contribution in [0.25, 0.3) is 0 Å². The molecule has 5 heteroatoms. The van der Waals surface area contributed by atoms with Gasteiger partial charge in [0.05, 0.1) is 13.5 Å². The summed E-state index contributed by atoms with van der Waals surface area (Å²) in [6.45, 7) is 0. The van der Waals surface area contributed by atoms with Gasteiger partial charge in [-0.1, -0.05) is 23.9 Å². The molecule has 0 heterocycles. The third-order valence-electron chi connectivity index (χ3n) is 2.67. The van der Waals surface area contributed by atoms with Crippen molar-refractivity contribution in [2.45, 2.75) is 16.2 Å². The van der Waals surface area contributed by atoms with Gasteiger partial charge in [-0.2, -0.15) is 0 Å². The molecule has 0 saturated carbocycles. The number of methoxy groups -OCH3 is 1. The highest BCUT2D eigenvalue weighted by molar-refractivity contribution is 9.10. The largest absolute Gasteiger partial charge is 0.508 e. The molecule has 2 rings (SSSR count). The Labute approximate surface area is 130 Å². The Morgan fingerprint density at radius 1 is 1.25 bits per heavy atom. The number of ether oxygens (including phenoxy) is 1. The molecular weight excluding hydrogens is 340 g/mol. The molecule has 0 aliphatic rings. The van der Waals surface area contributed by atoms with Gasteiger partial charge in [-0.05, 0) is 51.8 Å². The number of hydrogen-bond acceptors (Lipinski definition) is 4. The van der Waals surface area contributed by atoms with Crippen LogP contribution in [0.15, 0.2) is 56.7 Å². The zero-order chi connectivity index (χ0) is 14.5. The predicted molar refractivity (Wildman–Crippen MR) is 82.1 cm³/mol. The minimum atomic E-state index is -0.268. The first-order valence-electron chi connectivity index (χ1n) is 5.91. The van der Waals surface area contributed by atoms with Gasteiger partial charge in [0.25, 0.3) is 0 Å². The van der Waals surface area contributed by atoms with Gasteiger partial charge in [0.15, 0.2) is 0 Å². The maximum atomic E-state index is 11.5. The van der Waals surface area contributed by atoms with Crippen molar-refractivity contribution in [1.29, 1.82) is 0 Å². The van der Waals surface area contributed by atoms with E-state index in [0.29, 0.717) is 0 Å². The predicted octanol–water partition coefficient (Wildman–Crippen LogP) is 4.02. The van der Waals surface area contributed by atoms with E-state index in [1.165, 1.54) is 18.9 Å². The Morgan fingerprint density at radius 2 is 1.95 bits per heavy atom. The quantitative estimate of drug-likeness (QED) is 0.844. The summed E-state index contributed by atoms with van der Waals surface area (Å²) in [5, 5.41) is 9.30. The number of phenolic OH excluding ortho intramolecular Hbond substituents is 1. The van der Waals surface area contributed by atoms with Crippen LogP contribution in [0, 0.1) is 0 Å². The number of rotatable bonds is 4. The smallest absolute Gasteiger partial charge is 0.310 e. The van der Waals surface area contributed by atoms with Crippen molar-refractivity contribution in [3.05, 3.63) is 52.5 Å². The van der Waals surface area contributed by atoms with Crippen LogP contribution in [0.4, 0.5) is 0 Å². The van der Waals surface area contributed by atoms with Crippen molar-refractivity contribution in [2.24, 2.45) is 0 Å². The molecule has 0 amide bonds. The number of phenols is 1. The third-order valence-corrected chi connectivity index (χ3v) is 4.78. The molecule has 0 unspecified atom stereocenters. The normalized spacial score (nSPS) is 10.3. The van der Waals surface area contributed by atoms with Gasteiger partial charge in [0, 0.05) is 14.3 Å². The first-order chi connectivity index (χ1) is 9.60. The van der Waals surface area contributed by atoms with Crippen molar-refractivity contribution >= 4 is 33.7 Å². The van der Waals surface area contributed by atoms with Crippen LogP contribution in [0.3, 0.4) is 0 Å². The summed E-state index contributed by atoms with van der Waals surface area (Å²) >= 11 is 5.04. The molecule has 0 aliphatic heterocycles. The lowest BCUT2D eigenvalue weighted by molar-refractivity contribution is -0.139. The standard InChI is InChI=1S/C15H13BrO3S/c1-19-14(18)9-10-3-2-4-13(16)15(10)20-12-7-5-11(17)6-8-12/h2-8,17H,9H2,1H3. The van der Waals surface area contributed by atoms with Crippen LogP contribution in [0.5, 0.6) is 5.75 Å². The van der Waals surface area contributed by atoms with E-state index < -0.39 is 0 Å². The zero-order valence-electron chi connectivity index (χ0n) is 10.8. The number of esters is 1. The highest BCUT2D eigenvalue weighted by Crippen LogP contribution is 2.37. The van der Waals surface area contributed by atoms with Crippen LogP contribution in [0.2, 0.25) is 0 Å². The van der Waals surface area contributed by atoms with Crippen LogP contribution < -0.4 is 0 Å². The van der Waals surface area contributed by atoms with E-state index in [1.54, 1.807) is 12.1 Å². The van der Waals surface area contributed by atoms with Crippen LogP contribution >= 0.6 is 27.7 Å². The minimum absolute atomic E-state index is 0.232. The van der Waals surface area contributed by atoms with Gasteiger partial charge in [-0.3, -0.25) is 4.79 Å². The maximum absolute atomic E-state index is 11.5. The molecule has 3 nitrogen and oxygen atoms in total. The van der Waals surface area contributed by atoms with E-state index in [1.807, 2.05) is 30.3 Å². The van der Waals surface area contributed by atoms with E-state index >= 15 is 0 Å². The Hall–Kier alpha value is -1.46. The van der Waals surface area contributed by atoms with Gasteiger partial charge in [-0.15, -0.1) is 0 Å². The molecule has 0 bridgehead atoms. The summed E-state index contributed by atoms with van der Waals surface area (Å²) in [5.41, 5.74) is 0.907. The third kappa shape index (κ3) is 3.77. The molecule has 0 fully saturated rings. The molecule has 0 aliphatic carbocycles. The molecule has 0 spiro atoms. The summed E-state index contributed by atoms with van der Waals surface area (Å²) in [4.78, 5) is 13.4. The molecule has 0 atom stereocenters. The molecular formula is C15H13BrO3S. The molecule has 0 radical (unpaired) electrons. The second-order valence-electron chi connectivity index (χ2n) is 4.08. The molecule has 0 aromatic heterocycles. The SMILES string of the molecule is COC(=O)Cc1cccc(Br)c1Sc1ccc(O)cc1. The number of benzene rings is 2. The van der Waals surface area contributed by atoms with Gasteiger partial charge < -0.3 is 9.84 Å². The number of halogens is 1. The summed E-state index contributed by atoms with van der Waals surface area (Å²) in [7, 11) is 1.38. The average molecular weight is 353 g/mol. The molecule has 1 N–H and O–H groups in total. The fraction of sp³-hybridized carbons (Fsp3) is 0.133. The summed E-state index contributed by atoms with van der Waals surface area (Å²) in [6, 6.07) is 12.7. The first kappa shape index (κ1) is 14.9. The Kier molecular flexibility index (Phi) is 5.09. The molecule has 20 heavy (non-hydrogen) atoms. The summed E-state index contributed by atoms with van der Waals surface area (Å²) < 4.78 is 5.65.